The van der Waals surface area contributed by atoms with Crippen molar-refractivity contribution in [1.82, 2.24) is 0 Å². The van der Waals surface area contributed by atoms with Crippen molar-refractivity contribution in [2.45, 2.75) is 24.4 Å². The molecule has 0 unspecified atom stereocenters. The van der Waals surface area contributed by atoms with Crippen LogP contribution in [0.2, 0.25) is 0 Å². The standard InChI is InChI=1S/C6H12O7.Hg/c7-1-2(8)3(9)4(10)5(11)6(12)13;/h2-5,7-11H,1H2,(H,12,13);/q;+1/p-1/t2-,3-,4+,5-;/m1./s1. The molecule has 4 atom stereocenters. The van der Waals surface area contributed by atoms with E-state index in [4.69, 9.17) is 25.5 Å². The van der Waals surface area contributed by atoms with E-state index in [2.05, 4.69) is 2.64 Å². The summed E-state index contributed by atoms with van der Waals surface area (Å²) in [4.78, 5) is 10.7. The summed E-state index contributed by atoms with van der Waals surface area (Å²) < 4.78 is 4.29. The van der Waals surface area contributed by atoms with Gasteiger partial charge in [0, 0.05) is 0 Å². The Morgan fingerprint density at radius 1 is 1.21 bits per heavy atom. The van der Waals surface area contributed by atoms with Gasteiger partial charge in [0.2, 0.25) is 0 Å². The first-order chi connectivity index (χ1) is 6.45. The molecular weight excluding hydrogens is 385 g/mol. The van der Waals surface area contributed by atoms with Crippen LogP contribution in [0, 0.1) is 0 Å². The van der Waals surface area contributed by atoms with E-state index in [1.165, 1.54) is 0 Å². The number of aliphatic hydroxyl groups excluding tert-OH is 5. The molecule has 0 bridgehead atoms. The van der Waals surface area contributed by atoms with Gasteiger partial charge in [-0.25, -0.2) is 0 Å². The first-order valence-electron chi connectivity index (χ1n) is 3.74. The van der Waals surface area contributed by atoms with Crippen LogP contribution in [-0.2, 0) is 34.0 Å². The molecule has 0 heterocycles. The third-order valence-corrected chi connectivity index (χ3v) is 2.74. The summed E-state index contributed by atoms with van der Waals surface area (Å²) in [6, 6.07) is 0. The topological polar surface area (TPSA) is 127 Å². The molecule has 0 radical (unpaired) electrons. The fourth-order valence-corrected chi connectivity index (χ4v) is 1.41. The minimum atomic E-state index is -1.91. The Kier molecular flexibility index (Phi) is 6.74. The first-order valence-corrected chi connectivity index (χ1v) is 5.99. The Hall–Kier alpha value is 0.205. The van der Waals surface area contributed by atoms with Crippen LogP contribution in [0.1, 0.15) is 0 Å². The van der Waals surface area contributed by atoms with E-state index in [0.29, 0.717) is 0 Å². The normalized spacial score (nSPS) is 19.6. The predicted molar refractivity (Wildman–Crippen MR) is 37.2 cm³/mol. The second-order valence-electron chi connectivity index (χ2n) is 2.64. The minimum absolute atomic E-state index is 0.334. The van der Waals surface area contributed by atoms with Gasteiger partial charge in [-0.1, -0.05) is 0 Å². The zero-order valence-electron chi connectivity index (χ0n) is 7.28. The fourth-order valence-electron chi connectivity index (χ4n) is 0.747. The number of carbonyl (C=O) groups is 1. The van der Waals surface area contributed by atoms with Crippen molar-refractivity contribution in [3.63, 3.8) is 0 Å². The number of hydrogen-bond donors (Lipinski definition) is 5. The monoisotopic (exact) mass is 397 g/mol. The molecule has 0 rings (SSSR count). The van der Waals surface area contributed by atoms with Crippen molar-refractivity contribution in [2.24, 2.45) is 0 Å². The molecule has 0 aromatic heterocycles. The van der Waals surface area contributed by atoms with Gasteiger partial charge in [-0.05, 0) is 0 Å². The van der Waals surface area contributed by atoms with Crippen LogP contribution in [0.15, 0.2) is 0 Å². The van der Waals surface area contributed by atoms with Crippen LogP contribution in [-0.4, -0.2) is 62.5 Å². The second kappa shape index (κ2) is 6.65. The average molecular weight is 396 g/mol. The Labute approximate surface area is 96.6 Å². The summed E-state index contributed by atoms with van der Waals surface area (Å²) in [6.07, 6.45) is -7.22. The van der Waals surface area contributed by atoms with Crippen molar-refractivity contribution in [2.75, 3.05) is 6.61 Å². The summed E-state index contributed by atoms with van der Waals surface area (Å²) >= 11 is -0.334. The predicted octanol–water partition coefficient (Wildman–Crippen LogP) is -3.57. The second-order valence-corrected chi connectivity index (χ2v) is 3.76. The van der Waals surface area contributed by atoms with Gasteiger partial charge < -0.3 is 0 Å². The molecule has 0 amide bonds. The summed E-state index contributed by atoms with van der Waals surface area (Å²) in [5.41, 5.74) is 0. The van der Waals surface area contributed by atoms with Crippen LogP contribution in [0.5, 0.6) is 0 Å². The van der Waals surface area contributed by atoms with Gasteiger partial charge in [0.05, 0.1) is 0 Å². The fraction of sp³-hybridized carbons (Fsp3) is 0.833. The maximum atomic E-state index is 10.7. The van der Waals surface area contributed by atoms with E-state index < -0.39 is 37.0 Å². The Balaban J connectivity index is 4.30. The molecule has 5 N–H and O–H groups in total. The number of rotatable bonds is 5. The van der Waals surface area contributed by atoms with Gasteiger partial charge in [-0.2, -0.15) is 0 Å². The van der Waals surface area contributed by atoms with Crippen molar-refractivity contribution >= 4 is 5.97 Å². The SMILES string of the molecule is O=C([O][Hg])[C@H](O)[C@@H](O)[C@H](O)[C@H](O)CO. The van der Waals surface area contributed by atoms with E-state index in [-0.39, 0.29) is 26.6 Å². The third kappa shape index (κ3) is 3.75. The summed E-state index contributed by atoms with van der Waals surface area (Å²) in [5, 5.41) is 44.6. The molecule has 0 fully saturated rings. The molecule has 0 aliphatic carbocycles. The van der Waals surface area contributed by atoms with E-state index in [1.807, 2.05) is 0 Å². The van der Waals surface area contributed by atoms with Crippen molar-refractivity contribution in [3.8, 4) is 0 Å². The molecule has 0 saturated carbocycles. The zero-order valence-corrected chi connectivity index (χ0v) is 12.8. The number of hydrogen-bond acceptors (Lipinski definition) is 7. The van der Waals surface area contributed by atoms with Gasteiger partial charge in [0.25, 0.3) is 0 Å². The Bertz CT molecular complexity index is 187. The summed E-state index contributed by atoms with van der Waals surface area (Å²) in [6.45, 7) is -0.787. The van der Waals surface area contributed by atoms with Crippen molar-refractivity contribution in [3.05, 3.63) is 0 Å². The molecule has 79 valence electrons. The van der Waals surface area contributed by atoms with E-state index in [0.717, 1.165) is 0 Å². The molecule has 8 heteroatoms. The first kappa shape index (κ1) is 14.2. The quantitative estimate of drug-likeness (QED) is 0.305. The maximum absolute atomic E-state index is 10.7. The Morgan fingerprint density at radius 3 is 2.07 bits per heavy atom. The van der Waals surface area contributed by atoms with Crippen LogP contribution in [0.4, 0.5) is 0 Å². The molecule has 14 heavy (non-hydrogen) atoms. The molecule has 0 aromatic carbocycles. The van der Waals surface area contributed by atoms with Crippen molar-refractivity contribution < 1.29 is 59.5 Å². The van der Waals surface area contributed by atoms with Crippen LogP contribution < -0.4 is 0 Å². The van der Waals surface area contributed by atoms with Crippen LogP contribution >= 0.6 is 0 Å². The van der Waals surface area contributed by atoms with Gasteiger partial charge in [0.15, 0.2) is 0 Å². The van der Waals surface area contributed by atoms with Gasteiger partial charge >= 0.3 is 96.5 Å². The van der Waals surface area contributed by atoms with Crippen LogP contribution in [0.25, 0.3) is 0 Å². The van der Waals surface area contributed by atoms with Gasteiger partial charge in [-0.3, -0.25) is 0 Å². The van der Waals surface area contributed by atoms with E-state index in [9.17, 15) is 4.79 Å². The summed E-state index contributed by atoms with van der Waals surface area (Å²) in [7, 11) is 0. The molecule has 7 nitrogen and oxygen atoms in total. The molecular formula is C6H11HgO7. The molecule has 0 aliphatic heterocycles. The van der Waals surface area contributed by atoms with E-state index in [1.54, 1.807) is 0 Å². The number of carbonyl (C=O) groups excluding carboxylic acids is 1. The van der Waals surface area contributed by atoms with Crippen molar-refractivity contribution in [1.29, 1.82) is 0 Å². The van der Waals surface area contributed by atoms with Crippen LogP contribution in [0.3, 0.4) is 0 Å². The third-order valence-electron chi connectivity index (χ3n) is 1.64. The van der Waals surface area contributed by atoms with E-state index >= 15 is 0 Å². The molecule has 0 spiro atoms. The molecule has 0 aromatic rings. The molecule has 0 aliphatic rings. The van der Waals surface area contributed by atoms with Gasteiger partial charge in [0.1, 0.15) is 0 Å². The zero-order chi connectivity index (χ0) is 11.3. The Morgan fingerprint density at radius 2 is 1.71 bits per heavy atom. The summed E-state index contributed by atoms with van der Waals surface area (Å²) in [5.74, 6) is -1.05. The van der Waals surface area contributed by atoms with Gasteiger partial charge in [-0.15, -0.1) is 0 Å². The number of aliphatic hydroxyl groups is 5. The molecule has 0 saturated heterocycles. The average Bonchev–Trinajstić information content (AvgIpc) is 2.23.